The van der Waals surface area contributed by atoms with Crippen LogP contribution in [0.2, 0.25) is 0 Å². The summed E-state index contributed by atoms with van der Waals surface area (Å²) in [5.74, 6) is 1.35. The summed E-state index contributed by atoms with van der Waals surface area (Å²) in [6.07, 6.45) is 3.13. The van der Waals surface area contributed by atoms with Crippen LogP contribution in [0.3, 0.4) is 0 Å². The molecule has 0 aromatic heterocycles. The highest BCUT2D eigenvalue weighted by molar-refractivity contribution is 6.18. The van der Waals surface area contributed by atoms with E-state index in [-0.39, 0.29) is 12.5 Å². The van der Waals surface area contributed by atoms with E-state index in [0.717, 1.165) is 5.56 Å². The van der Waals surface area contributed by atoms with Crippen LogP contribution in [0.5, 0.6) is 11.5 Å². The summed E-state index contributed by atoms with van der Waals surface area (Å²) in [5.41, 5.74) is 1.01. The van der Waals surface area contributed by atoms with Gasteiger partial charge in [-0.1, -0.05) is 18.2 Å². The van der Waals surface area contributed by atoms with Crippen LogP contribution in [-0.2, 0) is 11.3 Å². The molecule has 1 atom stereocenters. The highest BCUT2D eigenvalue weighted by Gasteiger charge is 2.09. The van der Waals surface area contributed by atoms with Gasteiger partial charge in [0.05, 0.1) is 12.5 Å². The molecule has 0 spiro atoms. The summed E-state index contributed by atoms with van der Waals surface area (Å²) in [6.45, 7) is 5.67. The van der Waals surface area contributed by atoms with Crippen molar-refractivity contribution in [3.8, 4) is 11.5 Å². The summed E-state index contributed by atoms with van der Waals surface area (Å²) in [6, 6.07) is 5.63. The molecule has 0 saturated heterocycles. The number of alkyl halides is 1. The lowest BCUT2D eigenvalue weighted by atomic mass is 10.2. The molecule has 0 heterocycles. The van der Waals surface area contributed by atoms with Crippen LogP contribution in [0.15, 0.2) is 30.4 Å². The third-order valence-electron chi connectivity index (χ3n) is 2.66. The lowest BCUT2D eigenvalue weighted by Gasteiger charge is -2.15. The standard InChI is InChI=1S/C16H23ClO4/c1-3-5-8-20-16-9-13(11-19-4-2)6-7-15(16)21-12-14(18)10-17/h3,5-7,9,14,18H,4,8,10-12H2,1-2H3. The molecule has 1 N–H and O–H groups in total. The van der Waals surface area contributed by atoms with E-state index >= 15 is 0 Å². The summed E-state index contributed by atoms with van der Waals surface area (Å²) < 4.78 is 16.6. The monoisotopic (exact) mass is 314 g/mol. The Bertz CT molecular complexity index is 434. The molecule has 118 valence electrons. The van der Waals surface area contributed by atoms with E-state index in [9.17, 15) is 5.11 Å². The fourth-order valence-electron chi connectivity index (χ4n) is 1.56. The van der Waals surface area contributed by atoms with Crippen molar-refractivity contribution in [3.05, 3.63) is 35.9 Å². The maximum Gasteiger partial charge on any atom is 0.162 e. The van der Waals surface area contributed by atoms with Gasteiger partial charge < -0.3 is 19.3 Å². The maximum atomic E-state index is 9.47. The minimum absolute atomic E-state index is 0.133. The molecule has 1 aromatic carbocycles. The first kappa shape index (κ1) is 17.8. The maximum absolute atomic E-state index is 9.47. The fraction of sp³-hybridized carbons (Fsp3) is 0.500. The molecule has 4 nitrogen and oxygen atoms in total. The molecule has 0 aliphatic rings. The Labute approximate surface area is 131 Å². The van der Waals surface area contributed by atoms with E-state index < -0.39 is 6.10 Å². The number of allylic oxidation sites excluding steroid dienone is 1. The van der Waals surface area contributed by atoms with Crippen molar-refractivity contribution >= 4 is 11.6 Å². The van der Waals surface area contributed by atoms with Crippen molar-refractivity contribution in [1.82, 2.24) is 0 Å². The van der Waals surface area contributed by atoms with E-state index in [4.69, 9.17) is 25.8 Å². The first-order valence-electron chi connectivity index (χ1n) is 7.02. The molecule has 21 heavy (non-hydrogen) atoms. The molecule has 0 aliphatic heterocycles. The molecule has 0 aliphatic carbocycles. The lowest BCUT2D eigenvalue weighted by Crippen LogP contribution is -2.19. The molecular weight excluding hydrogens is 292 g/mol. The second kappa shape index (κ2) is 10.5. The van der Waals surface area contributed by atoms with E-state index in [1.54, 1.807) is 0 Å². The zero-order valence-corrected chi connectivity index (χ0v) is 13.3. The minimum atomic E-state index is -0.696. The lowest BCUT2D eigenvalue weighted by molar-refractivity contribution is 0.122. The molecule has 5 heteroatoms. The zero-order chi connectivity index (χ0) is 15.5. The molecule has 0 bridgehead atoms. The average molecular weight is 315 g/mol. The van der Waals surface area contributed by atoms with Gasteiger partial charge in [0.15, 0.2) is 11.5 Å². The van der Waals surface area contributed by atoms with Crippen molar-refractivity contribution < 1.29 is 19.3 Å². The van der Waals surface area contributed by atoms with Crippen molar-refractivity contribution in [2.24, 2.45) is 0 Å². The van der Waals surface area contributed by atoms with Gasteiger partial charge in [-0.2, -0.15) is 0 Å². The number of ether oxygens (including phenoxy) is 3. The average Bonchev–Trinajstić information content (AvgIpc) is 2.51. The quantitative estimate of drug-likeness (QED) is 0.532. The first-order valence-corrected chi connectivity index (χ1v) is 7.56. The summed E-state index contributed by atoms with van der Waals surface area (Å²) in [4.78, 5) is 0. The van der Waals surface area contributed by atoms with E-state index in [2.05, 4.69) is 0 Å². The molecule has 1 unspecified atom stereocenters. The van der Waals surface area contributed by atoms with Crippen LogP contribution in [0.25, 0.3) is 0 Å². The van der Waals surface area contributed by atoms with Crippen LogP contribution < -0.4 is 9.47 Å². The fourth-order valence-corrected chi connectivity index (χ4v) is 1.65. The van der Waals surface area contributed by atoms with Crippen LogP contribution in [0.1, 0.15) is 19.4 Å². The smallest absolute Gasteiger partial charge is 0.162 e. The van der Waals surface area contributed by atoms with Gasteiger partial charge in [0.1, 0.15) is 19.3 Å². The van der Waals surface area contributed by atoms with Crippen LogP contribution in [0.4, 0.5) is 0 Å². The van der Waals surface area contributed by atoms with Gasteiger partial charge in [-0.3, -0.25) is 0 Å². The molecule has 0 fully saturated rings. The minimum Gasteiger partial charge on any atom is -0.487 e. The van der Waals surface area contributed by atoms with Gasteiger partial charge in [-0.05, 0) is 31.5 Å². The topological polar surface area (TPSA) is 47.9 Å². The van der Waals surface area contributed by atoms with E-state index in [0.29, 0.717) is 31.3 Å². The van der Waals surface area contributed by atoms with Gasteiger partial charge >= 0.3 is 0 Å². The number of rotatable bonds is 10. The number of hydrogen-bond donors (Lipinski definition) is 1. The first-order chi connectivity index (χ1) is 10.2. The number of aliphatic hydroxyl groups excluding tert-OH is 1. The Morgan fingerprint density at radius 1 is 1.29 bits per heavy atom. The van der Waals surface area contributed by atoms with E-state index in [1.165, 1.54) is 0 Å². The summed E-state index contributed by atoms with van der Waals surface area (Å²) in [5, 5.41) is 9.47. The molecule has 0 saturated carbocycles. The Morgan fingerprint density at radius 3 is 2.76 bits per heavy atom. The van der Waals surface area contributed by atoms with Crippen molar-refractivity contribution in [2.75, 3.05) is 25.7 Å². The number of halogens is 1. The third kappa shape index (κ3) is 6.85. The predicted molar refractivity (Wildman–Crippen MR) is 84.3 cm³/mol. The molecule has 0 radical (unpaired) electrons. The normalized spacial score (nSPS) is 12.6. The highest BCUT2D eigenvalue weighted by Crippen LogP contribution is 2.29. The molecule has 1 rings (SSSR count). The summed E-state index contributed by atoms with van der Waals surface area (Å²) >= 11 is 5.56. The van der Waals surface area contributed by atoms with E-state index in [1.807, 2.05) is 44.2 Å². The number of hydrogen-bond acceptors (Lipinski definition) is 4. The van der Waals surface area contributed by atoms with Gasteiger partial charge in [0, 0.05) is 6.61 Å². The van der Waals surface area contributed by atoms with Gasteiger partial charge in [0.25, 0.3) is 0 Å². The van der Waals surface area contributed by atoms with Gasteiger partial charge in [-0.15, -0.1) is 11.6 Å². The molecule has 0 amide bonds. The van der Waals surface area contributed by atoms with Crippen LogP contribution >= 0.6 is 11.6 Å². The van der Waals surface area contributed by atoms with Crippen LogP contribution in [-0.4, -0.2) is 36.9 Å². The second-order valence-electron chi connectivity index (χ2n) is 4.42. The number of benzene rings is 1. The zero-order valence-electron chi connectivity index (χ0n) is 12.5. The largest absolute Gasteiger partial charge is 0.487 e. The Kier molecular flexibility index (Phi) is 8.90. The highest BCUT2D eigenvalue weighted by atomic mass is 35.5. The summed E-state index contributed by atoms with van der Waals surface area (Å²) in [7, 11) is 0. The Balaban J connectivity index is 2.77. The molecular formula is C16H23ClO4. The van der Waals surface area contributed by atoms with Gasteiger partial charge in [-0.25, -0.2) is 0 Å². The van der Waals surface area contributed by atoms with Gasteiger partial charge in [0.2, 0.25) is 0 Å². The predicted octanol–water partition coefficient (Wildman–Crippen LogP) is 3.16. The van der Waals surface area contributed by atoms with Crippen molar-refractivity contribution in [3.63, 3.8) is 0 Å². The SMILES string of the molecule is CC=CCOc1cc(COCC)ccc1OCC(O)CCl. The number of aliphatic hydroxyl groups is 1. The third-order valence-corrected chi connectivity index (χ3v) is 3.02. The van der Waals surface area contributed by atoms with Crippen LogP contribution in [0, 0.1) is 0 Å². The Morgan fingerprint density at radius 2 is 2.10 bits per heavy atom. The molecule has 1 aromatic rings. The Hall–Kier alpha value is -1.23. The second-order valence-corrected chi connectivity index (χ2v) is 4.73. The van der Waals surface area contributed by atoms with Crippen molar-refractivity contribution in [2.45, 2.75) is 26.6 Å². The van der Waals surface area contributed by atoms with Crippen molar-refractivity contribution in [1.29, 1.82) is 0 Å².